The van der Waals surface area contributed by atoms with E-state index < -0.39 is 5.97 Å². The van der Waals surface area contributed by atoms with Crippen LogP contribution in [0, 0.1) is 0 Å². The zero-order valence-corrected chi connectivity index (χ0v) is 16.8. The number of ketones is 1. The number of halogens is 1. The maximum atomic E-state index is 12.3. The lowest BCUT2D eigenvalue weighted by molar-refractivity contribution is -0.152. The molecule has 1 amide bonds. The van der Waals surface area contributed by atoms with E-state index in [1.54, 1.807) is 29.2 Å². The molecule has 0 N–H and O–H groups in total. The van der Waals surface area contributed by atoms with Crippen molar-refractivity contribution in [3.8, 4) is 0 Å². The molecule has 1 saturated heterocycles. The summed E-state index contributed by atoms with van der Waals surface area (Å²) in [5, 5.41) is 0.679. The van der Waals surface area contributed by atoms with Crippen LogP contribution in [0.15, 0.2) is 54.6 Å². The van der Waals surface area contributed by atoms with E-state index in [1.807, 2.05) is 30.3 Å². The van der Waals surface area contributed by atoms with E-state index in [-0.39, 0.29) is 31.1 Å². The third-order valence-electron chi connectivity index (χ3n) is 4.81. The summed E-state index contributed by atoms with van der Waals surface area (Å²) in [5.41, 5.74) is 1.59. The molecule has 29 heavy (non-hydrogen) atoms. The highest BCUT2D eigenvalue weighted by Crippen LogP contribution is 2.20. The Hall–Kier alpha value is -2.86. The van der Waals surface area contributed by atoms with Crippen LogP contribution in [0.5, 0.6) is 0 Å². The summed E-state index contributed by atoms with van der Waals surface area (Å²) < 4.78 is 5.06. The topological polar surface area (TPSA) is 66.9 Å². The van der Waals surface area contributed by atoms with Crippen molar-refractivity contribution in [3.63, 3.8) is 0 Å². The second kappa shape index (κ2) is 10.1. The van der Waals surface area contributed by atoms with Gasteiger partial charge in [0.2, 0.25) is 0 Å². The molecule has 0 saturated carbocycles. The van der Waals surface area contributed by atoms with Crippen molar-refractivity contribution in [1.29, 1.82) is 0 Å². The first-order valence-corrected chi connectivity index (χ1v) is 9.93. The first-order chi connectivity index (χ1) is 14.0. The molecule has 0 atom stereocenters. The minimum absolute atomic E-state index is 0.0381. The zero-order valence-electron chi connectivity index (χ0n) is 16.1. The number of piperazine rings is 1. The Labute approximate surface area is 175 Å². The Kier molecular flexibility index (Phi) is 7.25. The van der Waals surface area contributed by atoms with Gasteiger partial charge in [-0.2, -0.15) is 0 Å². The number of benzene rings is 2. The van der Waals surface area contributed by atoms with E-state index >= 15 is 0 Å². The van der Waals surface area contributed by atoms with Crippen molar-refractivity contribution in [2.45, 2.75) is 12.8 Å². The average Bonchev–Trinajstić information content (AvgIpc) is 2.76. The SMILES string of the molecule is O=C(CCC(=O)c1ccccc1)OCC(=O)N1CCN(c2cccc(Cl)c2)CC1. The van der Waals surface area contributed by atoms with Gasteiger partial charge in [0.15, 0.2) is 12.4 Å². The van der Waals surface area contributed by atoms with Crippen LogP contribution >= 0.6 is 11.6 Å². The number of hydrogen-bond donors (Lipinski definition) is 0. The molecule has 3 rings (SSSR count). The monoisotopic (exact) mass is 414 g/mol. The van der Waals surface area contributed by atoms with Crippen LogP contribution in [-0.2, 0) is 14.3 Å². The second-order valence-electron chi connectivity index (χ2n) is 6.80. The summed E-state index contributed by atoms with van der Waals surface area (Å²) in [6.07, 6.45) is 0.0267. The smallest absolute Gasteiger partial charge is 0.306 e. The molecule has 7 heteroatoms. The zero-order chi connectivity index (χ0) is 20.6. The number of anilines is 1. The quantitative estimate of drug-likeness (QED) is 0.514. The van der Waals surface area contributed by atoms with E-state index in [9.17, 15) is 14.4 Å². The summed E-state index contributed by atoms with van der Waals surface area (Å²) >= 11 is 6.03. The lowest BCUT2D eigenvalue weighted by Gasteiger charge is -2.36. The van der Waals surface area contributed by atoms with Gasteiger partial charge in [0.1, 0.15) is 0 Å². The van der Waals surface area contributed by atoms with E-state index in [4.69, 9.17) is 16.3 Å². The van der Waals surface area contributed by atoms with Crippen molar-refractivity contribution in [1.82, 2.24) is 4.90 Å². The molecule has 1 aliphatic heterocycles. The van der Waals surface area contributed by atoms with Crippen molar-refractivity contribution >= 4 is 34.9 Å². The minimum atomic E-state index is -0.541. The number of carbonyl (C=O) groups excluding carboxylic acids is 3. The third-order valence-corrected chi connectivity index (χ3v) is 5.05. The van der Waals surface area contributed by atoms with Crippen molar-refractivity contribution in [2.24, 2.45) is 0 Å². The summed E-state index contributed by atoms with van der Waals surface area (Å²) in [5.74, 6) is -0.885. The fourth-order valence-electron chi connectivity index (χ4n) is 3.18. The van der Waals surface area contributed by atoms with Crippen LogP contribution in [0.25, 0.3) is 0 Å². The van der Waals surface area contributed by atoms with E-state index in [0.29, 0.717) is 36.8 Å². The molecule has 0 unspecified atom stereocenters. The van der Waals surface area contributed by atoms with Gasteiger partial charge in [-0.15, -0.1) is 0 Å². The third kappa shape index (κ3) is 6.06. The van der Waals surface area contributed by atoms with Crippen LogP contribution in [0.3, 0.4) is 0 Å². The molecule has 0 aliphatic carbocycles. The highest BCUT2D eigenvalue weighted by atomic mass is 35.5. The Bertz CT molecular complexity index is 864. The summed E-state index contributed by atoms with van der Waals surface area (Å²) in [6.45, 7) is 2.18. The Morgan fingerprint density at radius 3 is 2.31 bits per heavy atom. The number of carbonyl (C=O) groups is 3. The average molecular weight is 415 g/mol. The molecule has 1 aliphatic rings. The minimum Gasteiger partial charge on any atom is -0.456 e. The Morgan fingerprint density at radius 2 is 1.62 bits per heavy atom. The predicted molar refractivity (Wildman–Crippen MR) is 111 cm³/mol. The molecule has 2 aromatic rings. The van der Waals surface area contributed by atoms with Gasteiger partial charge in [-0.1, -0.05) is 48.0 Å². The molecule has 0 bridgehead atoms. The van der Waals surface area contributed by atoms with Gasteiger partial charge < -0.3 is 14.5 Å². The number of ether oxygens (including phenoxy) is 1. The van der Waals surface area contributed by atoms with Gasteiger partial charge in [0, 0.05) is 48.9 Å². The second-order valence-corrected chi connectivity index (χ2v) is 7.23. The Morgan fingerprint density at radius 1 is 0.897 bits per heavy atom. The van der Waals surface area contributed by atoms with Gasteiger partial charge in [0.05, 0.1) is 6.42 Å². The summed E-state index contributed by atoms with van der Waals surface area (Å²) in [4.78, 5) is 40.0. The lowest BCUT2D eigenvalue weighted by atomic mass is 10.1. The van der Waals surface area contributed by atoms with Crippen molar-refractivity contribution in [3.05, 3.63) is 65.2 Å². The molecule has 2 aromatic carbocycles. The van der Waals surface area contributed by atoms with Crippen LogP contribution in [-0.4, -0.2) is 55.3 Å². The summed E-state index contributed by atoms with van der Waals surface area (Å²) in [6, 6.07) is 16.4. The van der Waals surface area contributed by atoms with Crippen LogP contribution in [0.1, 0.15) is 23.2 Å². The molecule has 0 spiro atoms. The normalized spacial score (nSPS) is 13.8. The molecule has 1 fully saturated rings. The maximum Gasteiger partial charge on any atom is 0.306 e. The fourth-order valence-corrected chi connectivity index (χ4v) is 3.36. The predicted octanol–water partition coefficient (Wildman–Crippen LogP) is 3.19. The van der Waals surface area contributed by atoms with Crippen LogP contribution in [0.4, 0.5) is 5.69 Å². The standard InChI is InChI=1S/C22H23ClN2O4/c23-18-7-4-8-19(15-18)24-11-13-25(14-12-24)21(27)16-29-22(28)10-9-20(26)17-5-2-1-3-6-17/h1-8,15H,9-14,16H2. The fraction of sp³-hybridized carbons (Fsp3) is 0.318. The van der Waals surface area contributed by atoms with Gasteiger partial charge in [-0.25, -0.2) is 0 Å². The molecule has 6 nitrogen and oxygen atoms in total. The number of amides is 1. The molecular formula is C22H23ClN2O4. The number of nitrogens with zero attached hydrogens (tertiary/aromatic N) is 2. The lowest BCUT2D eigenvalue weighted by Crippen LogP contribution is -2.49. The molecule has 1 heterocycles. The first-order valence-electron chi connectivity index (χ1n) is 9.55. The van der Waals surface area contributed by atoms with Gasteiger partial charge >= 0.3 is 5.97 Å². The molecule has 152 valence electrons. The largest absolute Gasteiger partial charge is 0.456 e. The highest BCUT2D eigenvalue weighted by Gasteiger charge is 2.22. The van der Waals surface area contributed by atoms with Gasteiger partial charge in [-0.05, 0) is 18.2 Å². The van der Waals surface area contributed by atoms with E-state index in [2.05, 4.69) is 4.90 Å². The van der Waals surface area contributed by atoms with Gasteiger partial charge in [-0.3, -0.25) is 14.4 Å². The number of Topliss-reactive ketones (excluding diaryl/α,β-unsaturated/α-hetero) is 1. The summed E-state index contributed by atoms with van der Waals surface area (Å²) in [7, 11) is 0. The van der Waals surface area contributed by atoms with E-state index in [0.717, 1.165) is 5.69 Å². The maximum absolute atomic E-state index is 12.3. The van der Waals surface area contributed by atoms with Crippen LogP contribution in [0.2, 0.25) is 5.02 Å². The molecule has 0 radical (unpaired) electrons. The van der Waals surface area contributed by atoms with Crippen LogP contribution < -0.4 is 4.90 Å². The van der Waals surface area contributed by atoms with Crippen molar-refractivity contribution in [2.75, 3.05) is 37.7 Å². The molecular weight excluding hydrogens is 392 g/mol. The van der Waals surface area contributed by atoms with E-state index in [1.165, 1.54) is 0 Å². The van der Waals surface area contributed by atoms with Gasteiger partial charge in [0.25, 0.3) is 5.91 Å². The number of hydrogen-bond acceptors (Lipinski definition) is 5. The Balaban J connectivity index is 1.37. The highest BCUT2D eigenvalue weighted by molar-refractivity contribution is 6.30. The number of esters is 1. The molecule has 0 aromatic heterocycles. The number of rotatable bonds is 7. The first kappa shape index (κ1) is 20.9. The van der Waals surface area contributed by atoms with Crippen molar-refractivity contribution < 1.29 is 19.1 Å².